The molecule has 1 fully saturated rings. The molecule has 1 saturated heterocycles. The zero-order valence-electron chi connectivity index (χ0n) is 17.7. The van der Waals surface area contributed by atoms with Gasteiger partial charge in [0.2, 0.25) is 0 Å². The number of amides is 1. The first kappa shape index (κ1) is 21.1. The molecule has 1 N–H and O–H groups in total. The average Bonchev–Trinajstić information content (AvgIpc) is 3.09. The van der Waals surface area contributed by atoms with Gasteiger partial charge in [-0.3, -0.25) is 14.6 Å². The van der Waals surface area contributed by atoms with Gasteiger partial charge in [-0.1, -0.05) is 36.4 Å². The minimum atomic E-state index is -0.875. The highest BCUT2D eigenvalue weighted by Gasteiger charge is 2.47. The molecule has 3 aromatic rings. The number of pyridine rings is 1. The number of aromatic nitrogens is 1. The molecule has 7 heteroatoms. The fourth-order valence-corrected chi connectivity index (χ4v) is 3.86. The molecule has 0 spiro atoms. The Morgan fingerprint density at radius 3 is 2.47 bits per heavy atom. The largest absolute Gasteiger partial charge is 0.507 e. The van der Waals surface area contributed by atoms with Crippen LogP contribution in [0.25, 0.3) is 5.76 Å². The summed E-state index contributed by atoms with van der Waals surface area (Å²) >= 11 is 0. The van der Waals surface area contributed by atoms with Crippen LogP contribution in [0.1, 0.15) is 22.7 Å². The molecule has 162 valence electrons. The Bertz CT molecular complexity index is 1180. The predicted molar refractivity (Wildman–Crippen MR) is 118 cm³/mol. The number of hydrogen-bond donors (Lipinski definition) is 1. The summed E-state index contributed by atoms with van der Waals surface area (Å²) in [5, 5.41) is 11.1. The standard InChI is InChI=1S/C25H22N2O5/c1-31-18-10-11-20(32-2)19(13-18)22-21(23(28)17-8-4-3-5-9-17)24(29)25(30)27(22)15-16-7-6-12-26-14-16/h3-14,22,28H,15H2,1-2H3/b23-21+/t22-/m0/s1. The SMILES string of the molecule is COc1ccc(OC)c([C@H]2/C(=C(\O)c3ccccc3)C(=O)C(=O)N2Cc2cccnc2)c1. The van der Waals surface area contributed by atoms with Crippen LogP contribution in [0, 0.1) is 0 Å². The molecule has 2 heterocycles. The number of carbonyl (C=O) groups is 2. The lowest BCUT2D eigenvalue weighted by Crippen LogP contribution is -2.29. The number of aliphatic hydroxyl groups is 1. The van der Waals surface area contributed by atoms with Gasteiger partial charge in [-0.2, -0.15) is 0 Å². The normalized spacial score (nSPS) is 17.4. The first-order valence-corrected chi connectivity index (χ1v) is 9.99. The van der Waals surface area contributed by atoms with Crippen molar-refractivity contribution in [3.63, 3.8) is 0 Å². The molecule has 0 aliphatic carbocycles. The van der Waals surface area contributed by atoms with Gasteiger partial charge in [0.05, 0.1) is 25.8 Å². The highest BCUT2D eigenvalue weighted by Crippen LogP contribution is 2.44. The minimum Gasteiger partial charge on any atom is -0.507 e. The Hall–Kier alpha value is -4.13. The second-order valence-corrected chi connectivity index (χ2v) is 7.26. The molecule has 1 aliphatic rings. The van der Waals surface area contributed by atoms with Crippen molar-refractivity contribution in [1.82, 2.24) is 9.88 Å². The maximum Gasteiger partial charge on any atom is 0.295 e. The van der Waals surface area contributed by atoms with E-state index in [1.54, 1.807) is 67.0 Å². The summed E-state index contributed by atoms with van der Waals surface area (Å²) in [5.74, 6) is -0.709. The van der Waals surface area contributed by atoms with E-state index in [9.17, 15) is 14.7 Å². The van der Waals surface area contributed by atoms with Gasteiger partial charge in [0.1, 0.15) is 17.3 Å². The van der Waals surface area contributed by atoms with Crippen molar-refractivity contribution in [3.8, 4) is 11.5 Å². The summed E-state index contributed by atoms with van der Waals surface area (Å²) in [4.78, 5) is 31.8. The number of ketones is 1. The molecule has 1 amide bonds. The smallest absolute Gasteiger partial charge is 0.295 e. The van der Waals surface area contributed by atoms with Crippen LogP contribution in [-0.2, 0) is 16.1 Å². The second kappa shape index (κ2) is 8.93. The molecular formula is C25H22N2O5. The van der Waals surface area contributed by atoms with E-state index < -0.39 is 17.7 Å². The molecule has 0 radical (unpaired) electrons. The molecule has 4 rings (SSSR count). The molecular weight excluding hydrogens is 408 g/mol. The van der Waals surface area contributed by atoms with E-state index in [0.29, 0.717) is 22.6 Å². The highest BCUT2D eigenvalue weighted by atomic mass is 16.5. The van der Waals surface area contributed by atoms with Crippen molar-refractivity contribution in [3.05, 3.63) is 95.3 Å². The first-order chi connectivity index (χ1) is 15.5. The monoisotopic (exact) mass is 430 g/mol. The van der Waals surface area contributed by atoms with Crippen LogP contribution >= 0.6 is 0 Å². The summed E-state index contributed by atoms with van der Waals surface area (Å²) in [6, 6.07) is 16.5. The van der Waals surface area contributed by atoms with Gasteiger partial charge in [0.15, 0.2) is 0 Å². The van der Waals surface area contributed by atoms with Crippen LogP contribution in [0.2, 0.25) is 0 Å². The lowest BCUT2D eigenvalue weighted by Gasteiger charge is -2.27. The number of carbonyl (C=O) groups excluding carboxylic acids is 2. The maximum atomic E-state index is 13.2. The molecule has 0 unspecified atom stereocenters. The van der Waals surface area contributed by atoms with Gasteiger partial charge in [0.25, 0.3) is 11.7 Å². The molecule has 1 aromatic heterocycles. The number of ether oxygens (including phenoxy) is 2. The van der Waals surface area contributed by atoms with Gasteiger partial charge in [-0.05, 0) is 29.8 Å². The van der Waals surface area contributed by atoms with E-state index in [4.69, 9.17) is 9.47 Å². The lowest BCUT2D eigenvalue weighted by atomic mass is 9.94. The third kappa shape index (κ3) is 3.80. The van der Waals surface area contributed by atoms with Gasteiger partial charge in [0, 0.05) is 30.1 Å². The predicted octanol–water partition coefficient (Wildman–Crippen LogP) is 3.72. The van der Waals surface area contributed by atoms with Crippen LogP contribution < -0.4 is 9.47 Å². The molecule has 2 aromatic carbocycles. The Kier molecular flexibility index (Phi) is 5.89. The number of aliphatic hydroxyl groups excluding tert-OH is 1. The van der Waals surface area contributed by atoms with Crippen molar-refractivity contribution in [2.45, 2.75) is 12.6 Å². The second-order valence-electron chi connectivity index (χ2n) is 7.26. The van der Waals surface area contributed by atoms with Gasteiger partial charge >= 0.3 is 0 Å². The van der Waals surface area contributed by atoms with E-state index in [0.717, 1.165) is 5.56 Å². The maximum absolute atomic E-state index is 13.2. The summed E-state index contributed by atoms with van der Waals surface area (Å²) in [6.45, 7) is 0.134. The van der Waals surface area contributed by atoms with Crippen molar-refractivity contribution < 1.29 is 24.2 Å². The summed E-state index contributed by atoms with van der Waals surface area (Å²) < 4.78 is 10.9. The molecule has 0 saturated carbocycles. The Labute approximate surface area is 185 Å². The third-order valence-electron chi connectivity index (χ3n) is 5.39. The highest BCUT2D eigenvalue weighted by molar-refractivity contribution is 6.46. The fourth-order valence-electron chi connectivity index (χ4n) is 3.86. The average molecular weight is 430 g/mol. The number of hydrogen-bond acceptors (Lipinski definition) is 6. The summed E-state index contributed by atoms with van der Waals surface area (Å²) in [5.41, 5.74) is 1.73. The number of nitrogens with zero attached hydrogens (tertiary/aromatic N) is 2. The molecule has 0 bridgehead atoms. The van der Waals surface area contributed by atoms with Crippen LogP contribution in [-0.4, -0.2) is 40.9 Å². The molecule has 1 atom stereocenters. The number of likely N-dealkylation sites (tertiary alicyclic amines) is 1. The van der Waals surface area contributed by atoms with Crippen molar-refractivity contribution in [2.75, 3.05) is 14.2 Å². The van der Waals surface area contributed by atoms with E-state index in [2.05, 4.69) is 4.98 Å². The number of rotatable bonds is 6. The zero-order chi connectivity index (χ0) is 22.7. The third-order valence-corrected chi connectivity index (χ3v) is 5.39. The van der Waals surface area contributed by atoms with Crippen molar-refractivity contribution in [2.24, 2.45) is 0 Å². The number of benzene rings is 2. The Balaban J connectivity index is 1.93. The number of methoxy groups -OCH3 is 2. The lowest BCUT2D eigenvalue weighted by molar-refractivity contribution is -0.140. The van der Waals surface area contributed by atoms with Crippen LogP contribution in [0.5, 0.6) is 11.5 Å². The topological polar surface area (TPSA) is 89.0 Å². The van der Waals surface area contributed by atoms with Crippen molar-refractivity contribution in [1.29, 1.82) is 0 Å². The Morgan fingerprint density at radius 2 is 1.81 bits per heavy atom. The molecule has 7 nitrogen and oxygen atoms in total. The summed E-state index contributed by atoms with van der Waals surface area (Å²) in [6.07, 6.45) is 3.27. The van der Waals surface area contributed by atoms with E-state index in [-0.39, 0.29) is 17.9 Å². The first-order valence-electron chi connectivity index (χ1n) is 9.99. The Morgan fingerprint density at radius 1 is 1.03 bits per heavy atom. The molecule has 1 aliphatic heterocycles. The minimum absolute atomic E-state index is 0.00311. The molecule has 32 heavy (non-hydrogen) atoms. The van der Waals surface area contributed by atoms with Gasteiger partial charge in [-0.25, -0.2) is 0 Å². The van der Waals surface area contributed by atoms with Crippen molar-refractivity contribution >= 4 is 17.4 Å². The summed E-state index contributed by atoms with van der Waals surface area (Å²) in [7, 11) is 3.04. The van der Waals surface area contributed by atoms with E-state index in [1.807, 2.05) is 6.07 Å². The fraction of sp³-hybridized carbons (Fsp3) is 0.160. The zero-order valence-corrected chi connectivity index (χ0v) is 17.7. The van der Waals surface area contributed by atoms with Gasteiger partial charge in [-0.15, -0.1) is 0 Å². The van der Waals surface area contributed by atoms with Crippen LogP contribution in [0.3, 0.4) is 0 Å². The van der Waals surface area contributed by atoms with Crippen LogP contribution in [0.15, 0.2) is 78.6 Å². The van der Waals surface area contributed by atoms with Gasteiger partial charge < -0.3 is 19.5 Å². The quantitative estimate of drug-likeness (QED) is 0.364. The number of Topliss-reactive ketones (excluding diaryl/α,β-unsaturated/α-hetero) is 1. The van der Waals surface area contributed by atoms with E-state index >= 15 is 0 Å². The van der Waals surface area contributed by atoms with E-state index in [1.165, 1.54) is 19.1 Å². The van der Waals surface area contributed by atoms with Crippen LogP contribution in [0.4, 0.5) is 0 Å².